The zero-order valence-electron chi connectivity index (χ0n) is 12.1. The lowest BCUT2D eigenvalue weighted by Gasteiger charge is -2.25. The lowest BCUT2D eigenvalue weighted by atomic mass is 9.83. The van der Waals surface area contributed by atoms with Gasteiger partial charge in [-0.25, -0.2) is 4.98 Å². The summed E-state index contributed by atoms with van der Waals surface area (Å²) in [6.45, 7) is 3.06. The topological polar surface area (TPSA) is 97.2 Å². The summed E-state index contributed by atoms with van der Waals surface area (Å²) in [5.74, 6) is 0.771. The van der Waals surface area contributed by atoms with Crippen LogP contribution in [0.2, 0.25) is 0 Å². The number of rotatable bonds is 7. The number of hydrogen-bond acceptors (Lipinski definition) is 5. The van der Waals surface area contributed by atoms with Crippen LogP contribution in [0.25, 0.3) is 0 Å². The Kier molecular flexibility index (Phi) is 5.08. The molecule has 7 heteroatoms. The number of nitro groups is 1. The molecule has 0 radical (unpaired) electrons. The zero-order valence-corrected chi connectivity index (χ0v) is 12.1. The van der Waals surface area contributed by atoms with Crippen LogP contribution in [0.5, 0.6) is 0 Å². The summed E-state index contributed by atoms with van der Waals surface area (Å²) in [4.78, 5) is 26.4. The molecule has 114 valence electrons. The minimum atomic E-state index is -0.548. The largest absolute Gasteiger partial charge is 0.370 e. The molecule has 1 heterocycles. The molecule has 1 fully saturated rings. The van der Waals surface area contributed by atoms with Gasteiger partial charge in [-0.15, -0.1) is 0 Å². The number of amides is 1. The molecule has 1 amide bonds. The predicted octanol–water partition coefficient (Wildman–Crippen LogP) is 2.34. The summed E-state index contributed by atoms with van der Waals surface area (Å²) in [5, 5.41) is 16.6. The maximum Gasteiger partial charge on any atom is 0.288 e. The fraction of sp³-hybridized carbons (Fsp3) is 0.571. The van der Waals surface area contributed by atoms with E-state index in [2.05, 4.69) is 15.6 Å². The van der Waals surface area contributed by atoms with E-state index in [0.717, 1.165) is 12.6 Å². The number of nitrogens with zero attached hydrogens (tertiary/aromatic N) is 2. The molecule has 21 heavy (non-hydrogen) atoms. The van der Waals surface area contributed by atoms with Crippen LogP contribution in [-0.4, -0.2) is 28.9 Å². The predicted molar refractivity (Wildman–Crippen MR) is 79.3 cm³/mol. The molecule has 1 saturated carbocycles. The number of carbonyl (C=O) groups excluding carboxylic acids is 1. The van der Waals surface area contributed by atoms with Gasteiger partial charge in [0.2, 0.25) is 0 Å². The van der Waals surface area contributed by atoms with E-state index in [1.54, 1.807) is 0 Å². The van der Waals surface area contributed by atoms with Crippen molar-refractivity contribution < 1.29 is 9.72 Å². The highest BCUT2D eigenvalue weighted by Crippen LogP contribution is 2.28. The first kappa shape index (κ1) is 15.2. The summed E-state index contributed by atoms with van der Waals surface area (Å²) >= 11 is 0. The quantitative estimate of drug-likeness (QED) is 0.594. The average Bonchev–Trinajstić information content (AvgIpc) is 2.41. The fourth-order valence-corrected chi connectivity index (χ4v) is 2.30. The number of carbonyl (C=O) groups is 1. The van der Waals surface area contributed by atoms with Crippen molar-refractivity contribution in [2.75, 3.05) is 18.4 Å². The van der Waals surface area contributed by atoms with Crippen molar-refractivity contribution >= 4 is 17.4 Å². The van der Waals surface area contributed by atoms with Crippen LogP contribution in [0.3, 0.4) is 0 Å². The Labute approximate surface area is 123 Å². The molecule has 7 nitrogen and oxygen atoms in total. The summed E-state index contributed by atoms with van der Waals surface area (Å²) in [6.07, 6.45) is 5.86. The Morgan fingerprint density at radius 1 is 1.52 bits per heavy atom. The van der Waals surface area contributed by atoms with Crippen LogP contribution >= 0.6 is 0 Å². The normalized spacial score (nSPS) is 14.3. The van der Waals surface area contributed by atoms with Gasteiger partial charge in [-0.1, -0.05) is 19.3 Å². The van der Waals surface area contributed by atoms with Gasteiger partial charge in [0.1, 0.15) is 12.0 Å². The van der Waals surface area contributed by atoms with Gasteiger partial charge in [0, 0.05) is 19.2 Å². The SMILES string of the molecule is CCNc1ncc([N+](=O)[O-])cc1C(=O)NCCC1CCC1. The fourth-order valence-electron chi connectivity index (χ4n) is 2.30. The van der Waals surface area contributed by atoms with Crippen LogP contribution in [-0.2, 0) is 0 Å². The highest BCUT2D eigenvalue weighted by Gasteiger charge is 2.20. The molecule has 1 aromatic rings. The third kappa shape index (κ3) is 3.90. The first-order valence-corrected chi connectivity index (χ1v) is 7.28. The Morgan fingerprint density at radius 3 is 2.86 bits per heavy atom. The minimum absolute atomic E-state index is 0.180. The molecule has 2 rings (SSSR count). The third-order valence-corrected chi connectivity index (χ3v) is 3.74. The van der Waals surface area contributed by atoms with E-state index in [-0.39, 0.29) is 17.2 Å². The standard InChI is InChI=1S/C14H20N4O3/c1-2-15-13-12(8-11(9-17-13)18(20)21)14(19)16-7-6-10-4-3-5-10/h8-10H,2-7H2,1H3,(H,15,17)(H,16,19). The third-order valence-electron chi connectivity index (χ3n) is 3.74. The van der Waals surface area contributed by atoms with Crippen LogP contribution in [0, 0.1) is 16.0 Å². The molecule has 0 aliphatic heterocycles. The molecule has 0 spiro atoms. The highest BCUT2D eigenvalue weighted by atomic mass is 16.6. The molecule has 0 unspecified atom stereocenters. The van der Waals surface area contributed by atoms with Crippen molar-refractivity contribution in [2.45, 2.75) is 32.6 Å². The Hall–Kier alpha value is -2.18. The smallest absolute Gasteiger partial charge is 0.288 e. The van der Waals surface area contributed by atoms with Gasteiger partial charge < -0.3 is 10.6 Å². The summed E-state index contributed by atoms with van der Waals surface area (Å²) < 4.78 is 0. The molecule has 2 N–H and O–H groups in total. The molecular weight excluding hydrogens is 272 g/mol. The van der Waals surface area contributed by atoms with Gasteiger partial charge in [-0.05, 0) is 19.3 Å². The number of anilines is 1. The minimum Gasteiger partial charge on any atom is -0.370 e. The molecule has 0 aromatic carbocycles. The van der Waals surface area contributed by atoms with Crippen molar-refractivity contribution in [3.05, 3.63) is 27.9 Å². The van der Waals surface area contributed by atoms with Gasteiger partial charge >= 0.3 is 0 Å². The molecular formula is C14H20N4O3. The van der Waals surface area contributed by atoms with Crippen molar-refractivity contribution in [1.82, 2.24) is 10.3 Å². The van der Waals surface area contributed by atoms with E-state index in [4.69, 9.17) is 0 Å². The molecule has 0 atom stereocenters. The monoisotopic (exact) mass is 292 g/mol. The van der Waals surface area contributed by atoms with Crippen molar-refractivity contribution in [1.29, 1.82) is 0 Å². The van der Waals surface area contributed by atoms with Gasteiger partial charge in [0.25, 0.3) is 11.6 Å². The Morgan fingerprint density at radius 2 is 2.29 bits per heavy atom. The second-order valence-electron chi connectivity index (χ2n) is 5.22. The lowest BCUT2D eigenvalue weighted by Crippen LogP contribution is -2.28. The van der Waals surface area contributed by atoms with E-state index in [1.165, 1.54) is 25.3 Å². The summed E-state index contributed by atoms with van der Waals surface area (Å²) in [5.41, 5.74) is 0.0421. The Balaban J connectivity index is 2.04. The van der Waals surface area contributed by atoms with Crippen LogP contribution in [0.4, 0.5) is 11.5 Å². The van der Waals surface area contributed by atoms with Crippen molar-refractivity contribution in [3.63, 3.8) is 0 Å². The molecule has 1 aliphatic carbocycles. The number of pyridine rings is 1. The molecule has 0 saturated heterocycles. The zero-order chi connectivity index (χ0) is 15.2. The second kappa shape index (κ2) is 7.01. The first-order chi connectivity index (χ1) is 10.1. The van der Waals surface area contributed by atoms with Gasteiger partial charge in [-0.2, -0.15) is 0 Å². The first-order valence-electron chi connectivity index (χ1n) is 7.28. The number of nitrogens with one attached hydrogen (secondary N) is 2. The summed E-state index contributed by atoms with van der Waals surface area (Å²) in [6, 6.07) is 1.27. The van der Waals surface area contributed by atoms with E-state index in [1.807, 2.05) is 6.92 Å². The van der Waals surface area contributed by atoms with Crippen LogP contribution in [0.1, 0.15) is 43.0 Å². The molecule has 1 aromatic heterocycles. The van der Waals surface area contributed by atoms with Crippen molar-refractivity contribution in [2.24, 2.45) is 5.92 Å². The number of hydrogen-bond donors (Lipinski definition) is 2. The number of aromatic nitrogens is 1. The van der Waals surface area contributed by atoms with E-state index < -0.39 is 4.92 Å². The molecule has 0 bridgehead atoms. The van der Waals surface area contributed by atoms with Crippen LogP contribution in [0.15, 0.2) is 12.3 Å². The second-order valence-corrected chi connectivity index (χ2v) is 5.22. The van der Waals surface area contributed by atoms with E-state index >= 15 is 0 Å². The summed E-state index contributed by atoms with van der Waals surface area (Å²) in [7, 11) is 0. The maximum absolute atomic E-state index is 12.2. The van der Waals surface area contributed by atoms with Gasteiger partial charge in [0.05, 0.1) is 10.5 Å². The highest BCUT2D eigenvalue weighted by molar-refractivity contribution is 5.99. The lowest BCUT2D eigenvalue weighted by molar-refractivity contribution is -0.385. The van der Waals surface area contributed by atoms with Gasteiger partial charge in [-0.3, -0.25) is 14.9 Å². The Bertz CT molecular complexity index is 529. The van der Waals surface area contributed by atoms with Crippen LogP contribution < -0.4 is 10.6 Å². The molecule has 1 aliphatic rings. The van der Waals surface area contributed by atoms with Gasteiger partial charge in [0.15, 0.2) is 0 Å². The maximum atomic E-state index is 12.2. The van der Waals surface area contributed by atoms with Crippen molar-refractivity contribution in [3.8, 4) is 0 Å². The van der Waals surface area contributed by atoms with E-state index in [9.17, 15) is 14.9 Å². The average molecular weight is 292 g/mol. The van der Waals surface area contributed by atoms with E-state index in [0.29, 0.717) is 24.8 Å².